The van der Waals surface area contributed by atoms with Crippen molar-refractivity contribution in [3.63, 3.8) is 0 Å². The van der Waals surface area contributed by atoms with E-state index >= 15 is 0 Å². The number of hydrogen-bond donors (Lipinski definition) is 0. The van der Waals surface area contributed by atoms with Gasteiger partial charge in [-0.1, -0.05) is 212 Å². The first-order valence-electron chi connectivity index (χ1n) is 23.2. The van der Waals surface area contributed by atoms with E-state index in [2.05, 4.69) is 254 Å². The zero-order valence-corrected chi connectivity index (χ0v) is 37.3. The van der Waals surface area contributed by atoms with Crippen molar-refractivity contribution in [2.45, 2.75) is 5.41 Å². The highest BCUT2D eigenvalue weighted by Crippen LogP contribution is 2.63. The second kappa shape index (κ2) is 14.9. The van der Waals surface area contributed by atoms with Gasteiger partial charge in [0.15, 0.2) is 0 Å². The summed E-state index contributed by atoms with van der Waals surface area (Å²) in [5, 5.41) is 5.10. The molecule has 12 aromatic rings. The van der Waals surface area contributed by atoms with E-state index in [0.717, 1.165) is 17.1 Å². The van der Waals surface area contributed by atoms with E-state index in [-0.39, 0.29) is 0 Å². The monoisotopic (exact) mass is 867 g/mol. The minimum Gasteiger partial charge on any atom is -0.308 e. The molecule has 0 amide bonds. The number of fused-ring (bicyclic) bond motifs is 15. The van der Waals surface area contributed by atoms with Gasteiger partial charge in [0.1, 0.15) is 0 Å². The van der Waals surface area contributed by atoms with Gasteiger partial charge < -0.3 is 4.90 Å². The van der Waals surface area contributed by atoms with Crippen molar-refractivity contribution in [3.05, 3.63) is 271 Å². The van der Waals surface area contributed by atoms with Crippen molar-refractivity contribution in [2.24, 2.45) is 0 Å². The van der Waals surface area contributed by atoms with Crippen LogP contribution in [0.1, 0.15) is 22.3 Å². The minimum absolute atomic E-state index is 0.479. The Morgan fingerprint density at radius 3 is 1.49 bits per heavy atom. The lowest BCUT2D eigenvalue weighted by Gasteiger charge is -2.33. The summed E-state index contributed by atoms with van der Waals surface area (Å²) in [6.45, 7) is 0. The normalized spacial score (nSPS) is 12.9. The minimum atomic E-state index is -0.479. The molecule has 0 atom stereocenters. The van der Waals surface area contributed by atoms with Crippen LogP contribution in [0.2, 0.25) is 0 Å². The van der Waals surface area contributed by atoms with Crippen molar-refractivity contribution in [3.8, 4) is 55.6 Å². The first kappa shape index (κ1) is 38.0. The molecular weight excluding hydrogens is 827 g/mol. The smallest absolute Gasteiger partial charge is 0.0726 e. The number of benzene rings is 11. The van der Waals surface area contributed by atoms with Crippen molar-refractivity contribution < 1.29 is 0 Å². The van der Waals surface area contributed by atoms with E-state index in [4.69, 9.17) is 0 Å². The fraction of sp³-hybridized carbons (Fsp3) is 0.0154. The maximum Gasteiger partial charge on any atom is 0.0726 e. The molecule has 1 heterocycles. The largest absolute Gasteiger partial charge is 0.308 e. The van der Waals surface area contributed by atoms with E-state index in [1.807, 2.05) is 11.3 Å². The Balaban J connectivity index is 1.10. The number of hydrogen-bond acceptors (Lipinski definition) is 2. The van der Waals surface area contributed by atoms with Gasteiger partial charge in [-0.05, 0) is 114 Å². The second-order valence-electron chi connectivity index (χ2n) is 17.9. The van der Waals surface area contributed by atoms with Crippen LogP contribution < -0.4 is 4.90 Å². The van der Waals surface area contributed by atoms with Gasteiger partial charge in [0.05, 0.1) is 21.5 Å². The van der Waals surface area contributed by atoms with Crippen LogP contribution in [0.5, 0.6) is 0 Å². The predicted molar refractivity (Wildman–Crippen MR) is 284 cm³/mol. The SMILES string of the molecule is c1ccc(-c2ccc(N(c3ccc4c(c3)C3(c5ccccc5-c5ccccc53)c3ccccc3-4)c3cccc4c3sc3c(-c5ccccc5)cc5ccccc5c34)c(-c3ccccc3)c2)cc1. The highest BCUT2D eigenvalue weighted by molar-refractivity contribution is 7.27. The van der Waals surface area contributed by atoms with Crippen LogP contribution >= 0.6 is 11.3 Å². The van der Waals surface area contributed by atoms with Crippen molar-refractivity contribution in [2.75, 3.05) is 4.90 Å². The molecule has 0 aliphatic heterocycles. The van der Waals surface area contributed by atoms with Gasteiger partial charge in [-0.15, -0.1) is 11.3 Å². The molecule has 1 nitrogen and oxygen atoms in total. The summed E-state index contributed by atoms with van der Waals surface area (Å²) in [6.07, 6.45) is 0. The van der Waals surface area contributed by atoms with Crippen LogP contribution in [-0.4, -0.2) is 0 Å². The molecule has 2 aliphatic rings. The van der Waals surface area contributed by atoms with Crippen molar-refractivity contribution in [1.29, 1.82) is 0 Å². The van der Waals surface area contributed by atoms with E-state index in [1.165, 1.54) is 109 Å². The van der Waals surface area contributed by atoms with Gasteiger partial charge in [-0.25, -0.2) is 0 Å². The molecule has 312 valence electrons. The molecule has 0 fully saturated rings. The number of nitrogens with zero attached hydrogens (tertiary/aromatic N) is 1. The molecule has 0 saturated heterocycles. The van der Waals surface area contributed by atoms with E-state index in [1.54, 1.807) is 0 Å². The summed E-state index contributed by atoms with van der Waals surface area (Å²) in [5.41, 5.74) is 20.7. The molecule has 67 heavy (non-hydrogen) atoms. The molecule has 0 saturated carbocycles. The third kappa shape index (κ3) is 5.54. The van der Waals surface area contributed by atoms with Crippen LogP contribution in [0.3, 0.4) is 0 Å². The maximum atomic E-state index is 2.57. The Bertz CT molecular complexity index is 3860. The first-order chi connectivity index (χ1) is 33.3. The highest BCUT2D eigenvalue weighted by atomic mass is 32.1. The average molecular weight is 868 g/mol. The number of anilines is 3. The molecule has 0 unspecified atom stereocenters. The average Bonchev–Trinajstić information content (AvgIpc) is 4.05. The summed E-state index contributed by atoms with van der Waals surface area (Å²) >= 11 is 1.92. The lowest BCUT2D eigenvalue weighted by Crippen LogP contribution is -2.26. The summed E-state index contributed by atoms with van der Waals surface area (Å²) in [4.78, 5) is 2.57. The molecule has 11 aromatic carbocycles. The third-order valence-corrected chi connectivity index (χ3v) is 15.7. The molecule has 2 aliphatic carbocycles. The lowest BCUT2D eigenvalue weighted by molar-refractivity contribution is 0.793. The van der Waals surface area contributed by atoms with Crippen LogP contribution in [0.15, 0.2) is 249 Å². The van der Waals surface area contributed by atoms with Crippen LogP contribution in [-0.2, 0) is 5.41 Å². The molecule has 14 rings (SSSR count). The predicted octanol–water partition coefficient (Wildman–Crippen LogP) is 18.0. The van der Waals surface area contributed by atoms with Gasteiger partial charge in [0, 0.05) is 32.3 Å². The Kier molecular flexibility index (Phi) is 8.44. The van der Waals surface area contributed by atoms with E-state index < -0.39 is 5.41 Å². The van der Waals surface area contributed by atoms with Gasteiger partial charge in [0.2, 0.25) is 0 Å². The summed E-state index contributed by atoms with van der Waals surface area (Å²) < 4.78 is 2.56. The fourth-order valence-corrected chi connectivity index (χ4v) is 13.0. The summed E-state index contributed by atoms with van der Waals surface area (Å²) in [7, 11) is 0. The molecule has 2 heteroatoms. The fourth-order valence-electron chi connectivity index (χ4n) is 11.7. The zero-order valence-electron chi connectivity index (χ0n) is 36.5. The zero-order chi connectivity index (χ0) is 44.1. The highest BCUT2D eigenvalue weighted by Gasteiger charge is 2.51. The number of thiophene rings is 1. The van der Waals surface area contributed by atoms with Crippen molar-refractivity contribution in [1.82, 2.24) is 0 Å². The molecule has 0 bridgehead atoms. The second-order valence-corrected chi connectivity index (χ2v) is 18.9. The topological polar surface area (TPSA) is 3.24 Å². The number of rotatable bonds is 6. The van der Waals surface area contributed by atoms with Crippen molar-refractivity contribution >= 4 is 59.3 Å². The molecule has 1 aromatic heterocycles. The van der Waals surface area contributed by atoms with Gasteiger partial charge in [-0.3, -0.25) is 0 Å². The standard InChI is InChI=1S/C65H41NS/c1-4-19-42(20-5-1)45-35-38-60(54(39-45)43-21-6-2-7-22-43)66(61-34-18-30-53-62-48-26-11-10-25-46(48)40-55(64(62)67-63(53)61)44-23-8-3-9-24-44)47-36-37-52-51-29-14-17-33-58(51)65(59(52)41-47)56-31-15-12-27-49(56)50-28-13-16-32-57(50)65/h1-41H. The first-order valence-corrected chi connectivity index (χ1v) is 24.0. The Morgan fingerprint density at radius 1 is 0.299 bits per heavy atom. The summed E-state index contributed by atoms with van der Waals surface area (Å²) in [6, 6.07) is 92.6. The molecule has 0 radical (unpaired) electrons. The van der Waals surface area contributed by atoms with E-state index in [0.29, 0.717) is 0 Å². The van der Waals surface area contributed by atoms with Gasteiger partial charge >= 0.3 is 0 Å². The third-order valence-electron chi connectivity index (χ3n) is 14.5. The quantitative estimate of drug-likeness (QED) is 0.161. The maximum absolute atomic E-state index is 2.57. The Labute approximate surface area is 394 Å². The molecular formula is C65H41NS. The van der Waals surface area contributed by atoms with Crippen LogP contribution in [0.25, 0.3) is 86.6 Å². The Hall–Kier alpha value is -8.30. The van der Waals surface area contributed by atoms with Crippen LogP contribution in [0.4, 0.5) is 17.1 Å². The summed E-state index contributed by atoms with van der Waals surface area (Å²) in [5.74, 6) is 0. The molecule has 0 N–H and O–H groups in total. The van der Waals surface area contributed by atoms with Gasteiger partial charge in [-0.2, -0.15) is 0 Å². The van der Waals surface area contributed by atoms with Gasteiger partial charge in [0.25, 0.3) is 0 Å². The molecule has 1 spiro atoms. The Morgan fingerprint density at radius 2 is 0.836 bits per heavy atom. The lowest BCUT2D eigenvalue weighted by atomic mass is 9.70. The van der Waals surface area contributed by atoms with E-state index in [9.17, 15) is 0 Å². The van der Waals surface area contributed by atoms with Crippen LogP contribution in [0, 0.1) is 0 Å².